The highest BCUT2D eigenvalue weighted by atomic mass is 16.5. The first-order valence-electron chi connectivity index (χ1n) is 15.5. The molecule has 6 N–H and O–H groups in total. The van der Waals surface area contributed by atoms with Gasteiger partial charge in [-0.2, -0.15) is 0 Å². The van der Waals surface area contributed by atoms with Gasteiger partial charge in [-0.3, -0.25) is 19.6 Å². The Bertz CT molecular complexity index is 1090. The molecule has 0 aliphatic heterocycles. The zero-order valence-corrected chi connectivity index (χ0v) is 25.2. The predicted octanol–water partition coefficient (Wildman–Crippen LogP) is 3.69. The number of aliphatic hydroxyl groups excluding tert-OH is 1. The molecule has 3 amide bonds. The van der Waals surface area contributed by atoms with Gasteiger partial charge in [0, 0.05) is 12.6 Å². The Labute approximate surface area is 249 Å². The maximum atomic E-state index is 13.8. The molecule has 0 spiro atoms. The molecule has 0 bridgehead atoms. The van der Waals surface area contributed by atoms with Crippen molar-refractivity contribution in [2.24, 2.45) is 23.7 Å². The van der Waals surface area contributed by atoms with Crippen LogP contribution in [0, 0.1) is 23.7 Å². The number of hydrogen-bond donors (Lipinski definition) is 6. The lowest BCUT2D eigenvalue weighted by Gasteiger charge is -2.33. The fourth-order valence-electron chi connectivity index (χ4n) is 6.09. The van der Waals surface area contributed by atoms with Crippen molar-refractivity contribution in [1.82, 2.24) is 26.1 Å². The second-order valence-corrected chi connectivity index (χ2v) is 12.1. The quantitative estimate of drug-likeness (QED) is 0.101. The van der Waals surface area contributed by atoms with E-state index in [1.54, 1.807) is 35.9 Å². The third kappa shape index (κ3) is 10.2. The summed E-state index contributed by atoms with van der Waals surface area (Å²) in [7, 11) is 0. The van der Waals surface area contributed by atoms with E-state index in [-0.39, 0.29) is 12.8 Å². The molecule has 42 heavy (non-hydrogen) atoms. The zero-order chi connectivity index (χ0) is 30.5. The number of amides is 3. The van der Waals surface area contributed by atoms with Gasteiger partial charge in [0.15, 0.2) is 0 Å². The number of aliphatic hydroxyl groups is 1. The van der Waals surface area contributed by atoms with Gasteiger partial charge in [0.05, 0.1) is 24.2 Å². The Kier molecular flexibility index (Phi) is 13.5. The van der Waals surface area contributed by atoms with Crippen LogP contribution in [0.5, 0.6) is 0 Å². The van der Waals surface area contributed by atoms with Crippen LogP contribution >= 0.6 is 0 Å². The molecule has 10 heteroatoms. The van der Waals surface area contributed by atoms with E-state index in [4.69, 9.17) is 0 Å². The molecule has 1 aliphatic carbocycles. The fourth-order valence-corrected chi connectivity index (χ4v) is 6.09. The Morgan fingerprint density at radius 2 is 1.71 bits per heavy atom. The van der Waals surface area contributed by atoms with Crippen molar-refractivity contribution in [2.75, 3.05) is 0 Å². The van der Waals surface area contributed by atoms with Gasteiger partial charge < -0.3 is 20.7 Å². The van der Waals surface area contributed by atoms with Gasteiger partial charge in [0.2, 0.25) is 11.8 Å². The Hall–Kier alpha value is -3.24. The highest BCUT2D eigenvalue weighted by Gasteiger charge is 2.34. The first-order valence-corrected chi connectivity index (χ1v) is 15.5. The summed E-state index contributed by atoms with van der Waals surface area (Å²) in [6.07, 6.45) is 10.4. The van der Waals surface area contributed by atoms with E-state index >= 15 is 0 Å². The van der Waals surface area contributed by atoms with Crippen LogP contribution in [-0.4, -0.2) is 56.2 Å². The topological polar surface area (TPSA) is 156 Å². The van der Waals surface area contributed by atoms with Gasteiger partial charge in [0.25, 0.3) is 5.91 Å². The number of H-pyrrole nitrogens is 1. The highest BCUT2D eigenvalue weighted by Crippen LogP contribution is 2.30. The average molecular weight is 584 g/mol. The van der Waals surface area contributed by atoms with Crippen LogP contribution in [0.1, 0.15) is 83.4 Å². The van der Waals surface area contributed by atoms with Crippen molar-refractivity contribution in [3.05, 3.63) is 54.1 Å². The molecular formula is C32H49N5O5. The van der Waals surface area contributed by atoms with Crippen molar-refractivity contribution >= 4 is 17.7 Å². The first-order chi connectivity index (χ1) is 20.2. The summed E-state index contributed by atoms with van der Waals surface area (Å²) >= 11 is 0. The number of rotatable bonds is 16. The van der Waals surface area contributed by atoms with E-state index in [9.17, 15) is 24.7 Å². The lowest BCUT2D eigenvalue weighted by Crippen LogP contribution is -2.56. The molecule has 2 aromatic rings. The predicted molar refractivity (Wildman–Crippen MR) is 160 cm³/mol. The van der Waals surface area contributed by atoms with Crippen LogP contribution in [0.4, 0.5) is 0 Å². The summed E-state index contributed by atoms with van der Waals surface area (Å²) in [4.78, 5) is 46.9. The largest absolute Gasteiger partial charge is 0.391 e. The summed E-state index contributed by atoms with van der Waals surface area (Å²) in [5, 5.41) is 26.6. The molecule has 1 heterocycles. The summed E-state index contributed by atoms with van der Waals surface area (Å²) in [5.41, 5.74) is 2.89. The number of carbonyl (C=O) groups excluding carboxylic acids is 3. The van der Waals surface area contributed by atoms with Crippen LogP contribution in [0.2, 0.25) is 0 Å². The fraction of sp³-hybridized carbons (Fsp3) is 0.625. The first kappa shape index (κ1) is 33.3. The maximum Gasteiger partial charge on any atom is 0.256 e. The molecule has 232 valence electrons. The van der Waals surface area contributed by atoms with Crippen molar-refractivity contribution < 1.29 is 24.7 Å². The van der Waals surface area contributed by atoms with Crippen LogP contribution in [-0.2, 0) is 27.2 Å². The summed E-state index contributed by atoms with van der Waals surface area (Å²) < 4.78 is 0. The SMILES string of the molecule is CC[C@@H](C[C@H](O)[C@H](CC1CCCCC1)NC(=O)[C@H](Cc1c[nH]cn1)NC(=O)C(Cc1ccccc1)C(=O)NO)C(C)C. The second kappa shape index (κ2) is 17.0. The van der Waals surface area contributed by atoms with E-state index < -0.39 is 41.8 Å². The molecule has 1 unspecified atom stereocenters. The summed E-state index contributed by atoms with van der Waals surface area (Å²) in [5.74, 6) is -2.10. The zero-order valence-electron chi connectivity index (χ0n) is 25.2. The number of nitrogens with one attached hydrogen (secondary N) is 4. The van der Waals surface area contributed by atoms with E-state index in [1.807, 2.05) is 6.07 Å². The van der Waals surface area contributed by atoms with Crippen molar-refractivity contribution in [1.29, 1.82) is 0 Å². The number of nitrogens with zero attached hydrogens (tertiary/aromatic N) is 1. The molecule has 3 rings (SSSR count). The standard InChI is InChI=1S/C32H49N5O5/c1-4-24(21(2)3)17-29(38)27(16-23-13-9-6-10-14-23)35-32(41)28(18-25-19-33-20-34-25)36-30(39)26(31(40)37-42)15-22-11-7-5-8-12-22/h5,7-8,11-12,19-21,23-24,26-29,38,42H,4,6,9-10,13-18H2,1-3H3,(H,33,34)(H,35,41)(H,36,39)(H,37,40)/t24-,26?,27-,28-,29-/m0/s1. The van der Waals surface area contributed by atoms with Crippen LogP contribution in [0.15, 0.2) is 42.9 Å². The monoisotopic (exact) mass is 583 g/mol. The van der Waals surface area contributed by atoms with E-state index in [2.05, 4.69) is 41.4 Å². The third-order valence-electron chi connectivity index (χ3n) is 8.74. The van der Waals surface area contributed by atoms with E-state index in [0.717, 1.165) is 37.7 Å². The van der Waals surface area contributed by atoms with Crippen molar-refractivity contribution in [3.8, 4) is 0 Å². The Morgan fingerprint density at radius 1 is 1.00 bits per heavy atom. The van der Waals surface area contributed by atoms with Crippen LogP contribution in [0.25, 0.3) is 0 Å². The van der Waals surface area contributed by atoms with Gasteiger partial charge >= 0.3 is 0 Å². The number of benzene rings is 1. The van der Waals surface area contributed by atoms with Crippen LogP contribution in [0.3, 0.4) is 0 Å². The number of aromatic nitrogens is 2. The molecule has 1 fully saturated rings. The molecule has 1 saturated carbocycles. The summed E-state index contributed by atoms with van der Waals surface area (Å²) in [6, 6.07) is 7.50. The highest BCUT2D eigenvalue weighted by molar-refractivity contribution is 6.01. The lowest BCUT2D eigenvalue weighted by atomic mass is 9.80. The van der Waals surface area contributed by atoms with Crippen LogP contribution < -0.4 is 16.1 Å². The van der Waals surface area contributed by atoms with Crippen molar-refractivity contribution in [3.63, 3.8) is 0 Å². The van der Waals surface area contributed by atoms with Gasteiger partial charge in [-0.15, -0.1) is 0 Å². The van der Waals surface area contributed by atoms with E-state index in [1.165, 1.54) is 12.7 Å². The second-order valence-electron chi connectivity index (χ2n) is 12.1. The number of hydrogen-bond acceptors (Lipinski definition) is 6. The van der Waals surface area contributed by atoms with Gasteiger partial charge in [-0.25, -0.2) is 10.5 Å². The number of imidazole rings is 1. The third-order valence-corrected chi connectivity index (χ3v) is 8.74. The molecular weight excluding hydrogens is 534 g/mol. The molecule has 1 aliphatic rings. The minimum atomic E-state index is -1.26. The maximum absolute atomic E-state index is 13.8. The Balaban J connectivity index is 1.81. The molecule has 5 atom stereocenters. The van der Waals surface area contributed by atoms with Crippen molar-refractivity contribution in [2.45, 2.75) is 103 Å². The molecule has 1 aromatic carbocycles. The lowest BCUT2D eigenvalue weighted by molar-refractivity contribution is -0.142. The van der Waals surface area contributed by atoms with Gasteiger partial charge in [0.1, 0.15) is 12.0 Å². The smallest absolute Gasteiger partial charge is 0.256 e. The molecule has 1 aromatic heterocycles. The minimum Gasteiger partial charge on any atom is -0.391 e. The minimum absolute atomic E-state index is 0.0481. The normalized spacial score (nSPS) is 17.6. The molecule has 10 nitrogen and oxygen atoms in total. The Morgan fingerprint density at radius 3 is 2.31 bits per heavy atom. The van der Waals surface area contributed by atoms with Gasteiger partial charge in [-0.05, 0) is 42.6 Å². The number of hydroxylamine groups is 1. The summed E-state index contributed by atoms with van der Waals surface area (Å²) in [6.45, 7) is 6.43. The molecule has 0 radical (unpaired) electrons. The number of carbonyl (C=O) groups is 3. The average Bonchev–Trinajstić information content (AvgIpc) is 3.51. The molecule has 0 saturated heterocycles. The van der Waals surface area contributed by atoms with E-state index in [0.29, 0.717) is 36.3 Å². The van der Waals surface area contributed by atoms with Gasteiger partial charge in [-0.1, -0.05) is 89.6 Å². The number of aromatic amines is 1.